The molecule has 0 amide bonds. The summed E-state index contributed by atoms with van der Waals surface area (Å²) in [6.07, 6.45) is 0. The minimum atomic E-state index is 0.853. The van der Waals surface area contributed by atoms with Crippen molar-refractivity contribution in [2.75, 3.05) is 4.90 Å². The lowest BCUT2D eigenvalue weighted by Gasteiger charge is -2.28. The molecule has 0 fully saturated rings. The van der Waals surface area contributed by atoms with E-state index in [0.717, 1.165) is 61.3 Å². The van der Waals surface area contributed by atoms with Crippen LogP contribution in [0.4, 0.5) is 17.1 Å². The van der Waals surface area contributed by atoms with Gasteiger partial charge in [-0.1, -0.05) is 182 Å². The molecule has 0 N–H and O–H groups in total. The number of furan rings is 1. The molecule has 0 aliphatic heterocycles. The predicted octanol–water partition coefficient (Wildman–Crippen LogP) is 14.9. The summed E-state index contributed by atoms with van der Waals surface area (Å²) in [6.45, 7) is 0. The first-order chi connectivity index (χ1) is 26.8. The van der Waals surface area contributed by atoms with Crippen molar-refractivity contribution in [2.24, 2.45) is 0 Å². The van der Waals surface area contributed by atoms with Gasteiger partial charge < -0.3 is 9.32 Å². The van der Waals surface area contributed by atoms with E-state index in [2.05, 4.69) is 217 Å². The standard InChI is InChI=1S/C52H35NO/c1-4-15-36(16-5-1)37-27-29-38(30-28-37)39-31-33-42(34-32-39)53(48-25-13-12-21-43(48)40-17-6-2-7-18-40)49-26-14-24-46-51-45-23-11-10-22-44(45)47(35-50(51)54-52(46)49)41-19-8-3-9-20-41/h1-35H. The summed E-state index contributed by atoms with van der Waals surface area (Å²) in [4.78, 5) is 2.36. The third-order valence-electron chi connectivity index (χ3n) is 10.5. The average molecular weight is 690 g/mol. The molecule has 2 nitrogen and oxygen atoms in total. The molecule has 9 aromatic carbocycles. The maximum absolute atomic E-state index is 7.02. The van der Waals surface area contributed by atoms with Crippen molar-refractivity contribution in [3.63, 3.8) is 0 Å². The molecule has 54 heavy (non-hydrogen) atoms. The Balaban J connectivity index is 1.16. The van der Waals surface area contributed by atoms with E-state index in [1.165, 1.54) is 33.0 Å². The summed E-state index contributed by atoms with van der Waals surface area (Å²) in [5, 5.41) is 4.62. The van der Waals surface area contributed by atoms with Gasteiger partial charge in [0, 0.05) is 22.0 Å². The molecule has 254 valence electrons. The second-order valence-corrected chi connectivity index (χ2v) is 13.7. The van der Waals surface area contributed by atoms with Crippen LogP contribution in [0.2, 0.25) is 0 Å². The van der Waals surface area contributed by atoms with Gasteiger partial charge in [0.05, 0.1) is 11.4 Å². The molecule has 0 atom stereocenters. The first kappa shape index (κ1) is 31.6. The molecule has 10 rings (SSSR count). The number of rotatable bonds is 7. The average Bonchev–Trinajstić information content (AvgIpc) is 3.65. The van der Waals surface area contributed by atoms with Crippen LogP contribution in [0.3, 0.4) is 0 Å². The van der Waals surface area contributed by atoms with Crippen molar-refractivity contribution in [3.05, 3.63) is 212 Å². The Kier molecular flexibility index (Phi) is 7.85. The Hall–Kier alpha value is -7.16. The Morgan fingerprint density at radius 2 is 0.778 bits per heavy atom. The van der Waals surface area contributed by atoms with E-state index in [-0.39, 0.29) is 0 Å². The number of anilines is 3. The van der Waals surface area contributed by atoms with Gasteiger partial charge in [-0.3, -0.25) is 0 Å². The number of benzene rings is 9. The van der Waals surface area contributed by atoms with E-state index in [0.29, 0.717) is 0 Å². The molecule has 1 aromatic heterocycles. The lowest BCUT2D eigenvalue weighted by molar-refractivity contribution is 0.669. The van der Waals surface area contributed by atoms with Gasteiger partial charge in [0.1, 0.15) is 5.58 Å². The fraction of sp³-hybridized carbons (Fsp3) is 0. The Labute approximate surface area is 314 Å². The highest BCUT2D eigenvalue weighted by molar-refractivity contribution is 6.23. The first-order valence-corrected chi connectivity index (χ1v) is 18.4. The van der Waals surface area contributed by atoms with Gasteiger partial charge >= 0.3 is 0 Å². The van der Waals surface area contributed by atoms with Crippen LogP contribution in [0.5, 0.6) is 0 Å². The van der Waals surface area contributed by atoms with Crippen LogP contribution in [0, 0.1) is 0 Å². The summed E-state index contributed by atoms with van der Waals surface area (Å²) in [5.74, 6) is 0. The van der Waals surface area contributed by atoms with E-state index in [4.69, 9.17) is 4.42 Å². The highest BCUT2D eigenvalue weighted by Crippen LogP contribution is 2.47. The highest BCUT2D eigenvalue weighted by atomic mass is 16.3. The molecule has 0 radical (unpaired) electrons. The summed E-state index contributed by atoms with van der Waals surface area (Å²) in [7, 11) is 0. The van der Waals surface area contributed by atoms with Crippen molar-refractivity contribution in [1.29, 1.82) is 0 Å². The first-order valence-electron chi connectivity index (χ1n) is 18.4. The molecule has 0 saturated heterocycles. The summed E-state index contributed by atoms with van der Waals surface area (Å²) in [5.41, 5.74) is 14.2. The zero-order valence-electron chi connectivity index (χ0n) is 29.6. The van der Waals surface area contributed by atoms with Crippen LogP contribution in [0.25, 0.3) is 77.2 Å². The van der Waals surface area contributed by atoms with Gasteiger partial charge in [0.15, 0.2) is 5.58 Å². The molecule has 2 heteroatoms. The van der Waals surface area contributed by atoms with Crippen LogP contribution in [0.15, 0.2) is 217 Å². The van der Waals surface area contributed by atoms with Crippen LogP contribution >= 0.6 is 0 Å². The fourth-order valence-electron chi connectivity index (χ4n) is 7.91. The van der Waals surface area contributed by atoms with Crippen molar-refractivity contribution in [3.8, 4) is 44.5 Å². The smallest absolute Gasteiger partial charge is 0.159 e. The molecule has 0 aliphatic rings. The zero-order valence-corrected chi connectivity index (χ0v) is 29.6. The molecular formula is C52H35NO. The monoisotopic (exact) mass is 689 g/mol. The van der Waals surface area contributed by atoms with E-state index >= 15 is 0 Å². The Bertz CT molecular complexity index is 2890. The maximum Gasteiger partial charge on any atom is 0.159 e. The van der Waals surface area contributed by atoms with Gasteiger partial charge in [0.2, 0.25) is 0 Å². The normalized spacial score (nSPS) is 11.3. The second-order valence-electron chi connectivity index (χ2n) is 13.7. The minimum Gasteiger partial charge on any atom is -0.454 e. The van der Waals surface area contributed by atoms with E-state index in [1.54, 1.807) is 0 Å². The maximum atomic E-state index is 7.02. The van der Waals surface area contributed by atoms with E-state index in [9.17, 15) is 0 Å². The van der Waals surface area contributed by atoms with E-state index < -0.39 is 0 Å². The lowest BCUT2D eigenvalue weighted by atomic mass is 9.95. The van der Waals surface area contributed by atoms with E-state index in [1.807, 2.05) is 0 Å². The molecule has 0 unspecified atom stereocenters. The van der Waals surface area contributed by atoms with Crippen LogP contribution in [-0.4, -0.2) is 0 Å². The number of nitrogens with zero attached hydrogens (tertiary/aromatic N) is 1. The second kappa shape index (κ2) is 13.4. The molecule has 10 aromatic rings. The molecule has 0 spiro atoms. The number of fused-ring (bicyclic) bond motifs is 5. The van der Waals surface area contributed by atoms with Crippen LogP contribution in [0.1, 0.15) is 0 Å². The van der Waals surface area contributed by atoms with Crippen LogP contribution in [-0.2, 0) is 0 Å². The summed E-state index contributed by atoms with van der Waals surface area (Å²) in [6, 6.07) is 75.6. The minimum absolute atomic E-state index is 0.853. The molecular weight excluding hydrogens is 655 g/mol. The quantitative estimate of drug-likeness (QED) is 0.166. The molecule has 0 bridgehead atoms. The zero-order chi connectivity index (χ0) is 35.8. The topological polar surface area (TPSA) is 16.4 Å². The summed E-state index contributed by atoms with van der Waals surface area (Å²) < 4.78 is 7.02. The third kappa shape index (κ3) is 5.53. The SMILES string of the molecule is c1ccc(-c2ccc(-c3ccc(N(c4ccccc4-c4ccccc4)c4cccc5c4oc4cc(-c6ccccc6)c6ccccc6c45)cc3)cc2)cc1. The van der Waals surface area contributed by atoms with Gasteiger partial charge in [-0.2, -0.15) is 0 Å². The van der Waals surface area contributed by atoms with Gasteiger partial charge in [-0.25, -0.2) is 0 Å². The van der Waals surface area contributed by atoms with Crippen molar-refractivity contribution in [2.45, 2.75) is 0 Å². The highest BCUT2D eigenvalue weighted by Gasteiger charge is 2.23. The summed E-state index contributed by atoms with van der Waals surface area (Å²) >= 11 is 0. The van der Waals surface area contributed by atoms with Crippen molar-refractivity contribution >= 4 is 49.8 Å². The molecule has 1 heterocycles. The van der Waals surface area contributed by atoms with Gasteiger partial charge in [-0.15, -0.1) is 0 Å². The van der Waals surface area contributed by atoms with Crippen molar-refractivity contribution < 1.29 is 4.42 Å². The fourth-order valence-corrected chi connectivity index (χ4v) is 7.91. The number of para-hydroxylation sites is 2. The van der Waals surface area contributed by atoms with Crippen LogP contribution < -0.4 is 4.90 Å². The third-order valence-corrected chi connectivity index (χ3v) is 10.5. The lowest BCUT2D eigenvalue weighted by Crippen LogP contribution is -2.11. The Morgan fingerprint density at radius 3 is 1.43 bits per heavy atom. The molecule has 0 aliphatic carbocycles. The number of hydrogen-bond acceptors (Lipinski definition) is 2. The molecule has 0 saturated carbocycles. The Morgan fingerprint density at radius 1 is 0.315 bits per heavy atom. The van der Waals surface area contributed by atoms with Gasteiger partial charge in [0.25, 0.3) is 0 Å². The number of hydrogen-bond donors (Lipinski definition) is 0. The predicted molar refractivity (Wildman–Crippen MR) is 228 cm³/mol. The largest absolute Gasteiger partial charge is 0.454 e. The van der Waals surface area contributed by atoms with Crippen molar-refractivity contribution in [1.82, 2.24) is 0 Å². The van der Waals surface area contributed by atoms with Gasteiger partial charge in [-0.05, 0) is 80.0 Å².